The summed E-state index contributed by atoms with van der Waals surface area (Å²) in [7, 11) is 0. The van der Waals surface area contributed by atoms with Gasteiger partial charge >= 0.3 is 17.9 Å². The molecule has 262 valence electrons. The zero-order chi connectivity index (χ0) is 33.8. The Kier molecular flexibility index (Phi) is 22.9. The lowest BCUT2D eigenvalue weighted by molar-refractivity contribution is -0.150. The second-order valence-electron chi connectivity index (χ2n) is 12.9. The van der Waals surface area contributed by atoms with Crippen molar-refractivity contribution in [3.63, 3.8) is 0 Å². The molecule has 0 aliphatic carbocycles. The summed E-state index contributed by atoms with van der Waals surface area (Å²) in [5.74, 6) is -0.850. The molecule has 0 aliphatic rings. The number of rotatable bonds is 28. The molecule has 0 heterocycles. The van der Waals surface area contributed by atoms with Gasteiger partial charge in [0.2, 0.25) is 0 Å². The van der Waals surface area contributed by atoms with E-state index >= 15 is 0 Å². The molecule has 0 aromatic heterocycles. The number of carbonyl (C=O) groups is 3. The van der Waals surface area contributed by atoms with Crippen LogP contribution in [0.15, 0.2) is 54.6 Å². The molecule has 0 amide bonds. The van der Waals surface area contributed by atoms with Crippen molar-refractivity contribution in [2.45, 2.75) is 161 Å². The minimum atomic E-state index is -0.429. The molecule has 0 unspecified atom stereocenters. The maximum atomic E-state index is 12.6. The minimum absolute atomic E-state index is 0.0315. The number of unbranched alkanes of at least 4 members (excludes halogenated alkanes) is 15. The average molecular weight is 651 g/mol. The van der Waals surface area contributed by atoms with Crippen molar-refractivity contribution in [3.05, 3.63) is 71.3 Å². The number of ether oxygens (including phenoxy) is 3. The van der Waals surface area contributed by atoms with Gasteiger partial charge in [0.15, 0.2) is 0 Å². The summed E-state index contributed by atoms with van der Waals surface area (Å²) in [4.78, 5) is 37.3. The molecule has 0 fully saturated rings. The Balaban J connectivity index is 1.53. The van der Waals surface area contributed by atoms with Crippen molar-refractivity contribution >= 4 is 17.9 Å². The number of esters is 3. The first-order valence-electron chi connectivity index (χ1n) is 18.7. The van der Waals surface area contributed by atoms with Crippen LogP contribution in [0.25, 0.3) is 0 Å². The fourth-order valence-electron chi connectivity index (χ4n) is 5.69. The van der Waals surface area contributed by atoms with Crippen LogP contribution in [0.3, 0.4) is 0 Å². The van der Waals surface area contributed by atoms with Crippen LogP contribution in [0, 0.1) is 0 Å². The fourth-order valence-corrected chi connectivity index (χ4v) is 5.69. The molecule has 2 rings (SSSR count). The third kappa shape index (κ3) is 20.0. The third-order valence-corrected chi connectivity index (χ3v) is 8.63. The summed E-state index contributed by atoms with van der Waals surface area (Å²) >= 11 is 0. The SMILES string of the molecule is CCCCCCCCC(CCCCCCCC)OC(=O)CCCCCCCCOC(=O)c1ccc(C(=O)OCc2ccccc2)cc1. The van der Waals surface area contributed by atoms with Crippen LogP contribution >= 0.6 is 0 Å². The predicted molar refractivity (Wildman–Crippen MR) is 190 cm³/mol. The van der Waals surface area contributed by atoms with Gasteiger partial charge in [-0.2, -0.15) is 0 Å². The number of benzene rings is 2. The quantitative estimate of drug-likeness (QED) is 0.0518. The molecule has 0 bridgehead atoms. The van der Waals surface area contributed by atoms with Gasteiger partial charge in [0.1, 0.15) is 12.7 Å². The van der Waals surface area contributed by atoms with E-state index in [1.807, 2.05) is 30.3 Å². The van der Waals surface area contributed by atoms with E-state index in [9.17, 15) is 14.4 Å². The molecular weight excluding hydrogens is 588 g/mol. The highest BCUT2D eigenvalue weighted by Crippen LogP contribution is 2.18. The standard InChI is InChI=1S/C41H62O6/c1-3-5-7-9-13-20-26-38(27-21-14-10-8-6-4-2)47-39(42)28-22-15-11-12-16-23-33-45-40(43)36-29-31-37(32-30-36)41(44)46-34-35-24-18-17-19-25-35/h17-19,24-25,29-32,38H,3-16,20-23,26-28,33-34H2,1-2H3. The Bertz CT molecular complexity index is 1060. The Morgan fingerprint density at radius 3 is 1.55 bits per heavy atom. The van der Waals surface area contributed by atoms with Crippen molar-refractivity contribution < 1.29 is 28.6 Å². The summed E-state index contributed by atoms with van der Waals surface area (Å²) < 4.78 is 16.7. The second-order valence-corrected chi connectivity index (χ2v) is 12.9. The summed E-state index contributed by atoms with van der Waals surface area (Å²) in [6.07, 6.45) is 23.5. The van der Waals surface area contributed by atoms with E-state index in [0.29, 0.717) is 24.2 Å². The van der Waals surface area contributed by atoms with E-state index in [1.54, 1.807) is 24.3 Å². The van der Waals surface area contributed by atoms with Crippen molar-refractivity contribution in [1.29, 1.82) is 0 Å². The lowest BCUT2D eigenvalue weighted by atomic mass is 10.0. The summed E-state index contributed by atoms with van der Waals surface area (Å²) in [5.41, 5.74) is 1.73. The molecule has 2 aromatic carbocycles. The van der Waals surface area contributed by atoms with Crippen LogP contribution in [0.2, 0.25) is 0 Å². The normalized spacial score (nSPS) is 11.0. The zero-order valence-corrected chi connectivity index (χ0v) is 29.5. The number of hydrogen-bond acceptors (Lipinski definition) is 6. The molecule has 0 saturated carbocycles. The van der Waals surface area contributed by atoms with Gasteiger partial charge in [-0.1, -0.05) is 134 Å². The lowest BCUT2D eigenvalue weighted by Gasteiger charge is -2.18. The largest absolute Gasteiger partial charge is 0.462 e. The summed E-state index contributed by atoms with van der Waals surface area (Å²) in [6, 6.07) is 15.9. The minimum Gasteiger partial charge on any atom is -0.462 e. The molecule has 47 heavy (non-hydrogen) atoms. The Labute approximate surface area is 285 Å². The molecule has 6 heteroatoms. The van der Waals surface area contributed by atoms with Gasteiger partial charge in [-0.05, 0) is 68.4 Å². The lowest BCUT2D eigenvalue weighted by Crippen LogP contribution is -2.18. The molecule has 0 saturated heterocycles. The Morgan fingerprint density at radius 2 is 1.00 bits per heavy atom. The van der Waals surface area contributed by atoms with Gasteiger partial charge < -0.3 is 14.2 Å². The van der Waals surface area contributed by atoms with Gasteiger partial charge in [0.25, 0.3) is 0 Å². The first kappa shape index (κ1) is 40.0. The molecule has 0 radical (unpaired) electrons. The Hall–Kier alpha value is -3.15. The van der Waals surface area contributed by atoms with E-state index in [2.05, 4.69) is 13.8 Å². The third-order valence-electron chi connectivity index (χ3n) is 8.63. The van der Waals surface area contributed by atoms with Gasteiger partial charge in [0, 0.05) is 6.42 Å². The fraction of sp³-hybridized carbons (Fsp3) is 0.634. The molecule has 0 spiro atoms. The first-order valence-corrected chi connectivity index (χ1v) is 18.7. The van der Waals surface area contributed by atoms with Gasteiger partial charge in [-0.25, -0.2) is 9.59 Å². The van der Waals surface area contributed by atoms with Crippen LogP contribution in [-0.4, -0.2) is 30.6 Å². The van der Waals surface area contributed by atoms with Crippen molar-refractivity contribution in [1.82, 2.24) is 0 Å². The Morgan fingerprint density at radius 1 is 0.532 bits per heavy atom. The molecule has 0 aliphatic heterocycles. The maximum Gasteiger partial charge on any atom is 0.338 e. The monoisotopic (exact) mass is 650 g/mol. The van der Waals surface area contributed by atoms with Gasteiger partial charge in [-0.15, -0.1) is 0 Å². The van der Waals surface area contributed by atoms with Crippen LogP contribution < -0.4 is 0 Å². The molecule has 0 atom stereocenters. The molecule has 0 N–H and O–H groups in total. The average Bonchev–Trinajstić information content (AvgIpc) is 3.09. The van der Waals surface area contributed by atoms with E-state index < -0.39 is 5.97 Å². The highest BCUT2D eigenvalue weighted by molar-refractivity contribution is 5.93. The number of hydrogen-bond donors (Lipinski definition) is 0. The van der Waals surface area contributed by atoms with Crippen LogP contribution in [0.5, 0.6) is 0 Å². The van der Waals surface area contributed by atoms with Crippen LogP contribution in [0.1, 0.15) is 175 Å². The molecular formula is C41H62O6. The van der Waals surface area contributed by atoms with Crippen molar-refractivity contribution in [2.75, 3.05) is 6.61 Å². The van der Waals surface area contributed by atoms with E-state index in [-0.39, 0.29) is 24.6 Å². The first-order chi connectivity index (χ1) is 23.0. The maximum absolute atomic E-state index is 12.6. The highest BCUT2D eigenvalue weighted by Gasteiger charge is 2.15. The van der Waals surface area contributed by atoms with Gasteiger partial charge in [0.05, 0.1) is 17.7 Å². The van der Waals surface area contributed by atoms with E-state index in [4.69, 9.17) is 14.2 Å². The summed E-state index contributed by atoms with van der Waals surface area (Å²) in [5, 5.41) is 0. The second kappa shape index (κ2) is 26.9. The number of carbonyl (C=O) groups excluding carboxylic acids is 3. The molecule has 6 nitrogen and oxygen atoms in total. The van der Waals surface area contributed by atoms with Crippen molar-refractivity contribution in [2.24, 2.45) is 0 Å². The van der Waals surface area contributed by atoms with Crippen LogP contribution in [0.4, 0.5) is 0 Å². The van der Waals surface area contributed by atoms with Gasteiger partial charge in [-0.3, -0.25) is 4.79 Å². The predicted octanol–water partition coefficient (Wildman–Crippen LogP) is 11.3. The highest BCUT2D eigenvalue weighted by atomic mass is 16.5. The molecule has 2 aromatic rings. The van der Waals surface area contributed by atoms with E-state index in [0.717, 1.165) is 69.8 Å². The smallest absolute Gasteiger partial charge is 0.338 e. The zero-order valence-electron chi connectivity index (χ0n) is 29.5. The van der Waals surface area contributed by atoms with E-state index in [1.165, 1.54) is 64.2 Å². The topological polar surface area (TPSA) is 78.9 Å². The summed E-state index contributed by atoms with van der Waals surface area (Å²) in [6.45, 7) is 5.06. The van der Waals surface area contributed by atoms with Crippen LogP contribution in [-0.2, 0) is 25.6 Å². The van der Waals surface area contributed by atoms with Crippen molar-refractivity contribution in [3.8, 4) is 0 Å².